The Morgan fingerprint density at radius 2 is 2.06 bits per heavy atom. The van der Waals surface area contributed by atoms with E-state index in [1.54, 1.807) is 6.33 Å². The quantitative estimate of drug-likeness (QED) is 0.697. The van der Waals surface area contributed by atoms with Crippen LogP contribution in [0.4, 0.5) is 5.82 Å². The highest BCUT2D eigenvalue weighted by Gasteiger charge is 2.21. The highest BCUT2D eigenvalue weighted by atomic mass is 15.1. The third kappa shape index (κ3) is 2.15. The van der Waals surface area contributed by atoms with Crippen LogP contribution in [0.2, 0.25) is 0 Å². The number of hydrogen-bond donors (Lipinski definition) is 3. The summed E-state index contributed by atoms with van der Waals surface area (Å²) in [7, 11) is 0. The van der Waals surface area contributed by atoms with E-state index in [4.69, 9.17) is 5.73 Å². The van der Waals surface area contributed by atoms with Crippen molar-refractivity contribution in [2.45, 2.75) is 44.2 Å². The number of aromatic nitrogens is 4. The van der Waals surface area contributed by atoms with Crippen molar-refractivity contribution in [1.82, 2.24) is 19.9 Å². The van der Waals surface area contributed by atoms with Gasteiger partial charge in [-0.1, -0.05) is 19.3 Å². The molecule has 0 amide bonds. The molecule has 0 radical (unpaired) electrons. The molecule has 1 aliphatic carbocycles. The molecule has 0 saturated heterocycles. The lowest BCUT2D eigenvalue weighted by Gasteiger charge is -2.23. The summed E-state index contributed by atoms with van der Waals surface area (Å²) in [6, 6.07) is 0.481. The Morgan fingerprint density at radius 1 is 1.17 bits per heavy atom. The van der Waals surface area contributed by atoms with Crippen molar-refractivity contribution in [3.05, 3.63) is 12.7 Å². The summed E-state index contributed by atoms with van der Waals surface area (Å²) in [6.07, 6.45) is 9.07. The van der Waals surface area contributed by atoms with Crippen LogP contribution in [0, 0.1) is 0 Å². The van der Waals surface area contributed by atoms with Crippen molar-refractivity contribution >= 4 is 17.0 Å². The third-order valence-electron chi connectivity index (χ3n) is 3.61. The fraction of sp³-hybridized carbons (Fsp3) is 0.583. The molecule has 6 heteroatoms. The van der Waals surface area contributed by atoms with Crippen LogP contribution in [0.1, 0.15) is 32.1 Å². The zero-order chi connectivity index (χ0) is 12.4. The molecule has 1 saturated carbocycles. The average molecular weight is 246 g/mol. The van der Waals surface area contributed by atoms with E-state index in [-0.39, 0.29) is 12.1 Å². The van der Waals surface area contributed by atoms with Gasteiger partial charge in [-0.15, -0.1) is 0 Å². The number of anilines is 1. The molecule has 2 atom stereocenters. The summed E-state index contributed by atoms with van der Waals surface area (Å²) < 4.78 is 0. The summed E-state index contributed by atoms with van der Waals surface area (Å²) in [5.74, 6) is 0.805. The molecular weight excluding hydrogens is 228 g/mol. The van der Waals surface area contributed by atoms with Crippen molar-refractivity contribution in [1.29, 1.82) is 0 Å². The molecule has 0 aromatic carbocycles. The summed E-state index contributed by atoms with van der Waals surface area (Å²) in [5, 5.41) is 3.45. The maximum Gasteiger partial charge on any atom is 0.182 e. The molecule has 1 fully saturated rings. The van der Waals surface area contributed by atoms with E-state index in [0.717, 1.165) is 24.2 Å². The summed E-state index contributed by atoms with van der Waals surface area (Å²) in [5.41, 5.74) is 7.76. The maximum atomic E-state index is 6.21. The molecule has 2 heterocycles. The van der Waals surface area contributed by atoms with Crippen LogP contribution in [0.3, 0.4) is 0 Å². The Hall–Kier alpha value is -1.69. The van der Waals surface area contributed by atoms with Gasteiger partial charge in [0.05, 0.1) is 6.33 Å². The third-order valence-corrected chi connectivity index (χ3v) is 3.61. The first-order valence-electron chi connectivity index (χ1n) is 6.51. The highest BCUT2D eigenvalue weighted by molar-refractivity contribution is 5.82. The largest absolute Gasteiger partial charge is 0.364 e. The molecule has 4 N–H and O–H groups in total. The van der Waals surface area contributed by atoms with E-state index in [0.29, 0.717) is 5.65 Å². The normalized spacial score (nSPS) is 24.9. The van der Waals surface area contributed by atoms with Gasteiger partial charge in [0.15, 0.2) is 11.5 Å². The number of nitrogens with one attached hydrogen (secondary N) is 2. The van der Waals surface area contributed by atoms with Gasteiger partial charge >= 0.3 is 0 Å². The van der Waals surface area contributed by atoms with Crippen molar-refractivity contribution in [2.75, 3.05) is 5.32 Å². The monoisotopic (exact) mass is 246 g/mol. The predicted octanol–water partition coefficient (Wildman–Crippen LogP) is 1.42. The van der Waals surface area contributed by atoms with E-state index < -0.39 is 0 Å². The minimum Gasteiger partial charge on any atom is -0.364 e. The molecular formula is C12H18N6. The van der Waals surface area contributed by atoms with Crippen LogP contribution in [0.25, 0.3) is 11.2 Å². The lowest BCUT2D eigenvalue weighted by Crippen LogP contribution is -2.39. The van der Waals surface area contributed by atoms with Gasteiger partial charge in [-0.3, -0.25) is 0 Å². The standard InChI is InChI=1S/C12H18N6/c13-8-4-2-1-3-5-9(8)18-12-10-11(15-6-14-10)16-7-17-12/h6-9H,1-5,13H2,(H2,14,15,16,17,18). The number of rotatable bonds is 2. The molecule has 3 rings (SSSR count). The van der Waals surface area contributed by atoms with Gasteiger partial charge in [0.25, 0.3) is 0 Å². The molecule has 18 heavy (non-hydrogen) atoms. The molecule has 96 valence electrons. The fourth-order valence-electron chi connectivity index (χ4n) is 2.57. The van der Waals surface area contributed by atoms with E-state index >= 15 is 0 Å². The van der Waals surface area contributed by atoms with Crippen LogP contribution in [-0.2, 0) is 0 Å². The first-order chi connectivity index (χ1) is 8.84. The predicted molar refractivity (Wildman–Crippen MR) is 70.2 cm³/mol. The van der Waals surface area contributed by atoms with Crippen LogP contribution in [0.5, 0.6) is 0 Å². The van der Waals surface area contributed by atoms with E-state index in [2.05, 4.69) is 25.3 Å². The lowest BCUT2D eigenvalue weighted by molar-refractivity contribution is 0.527. The number of H-pyrrole nitrogens is 1. The number of imidazole rings is 1. The van der Waals surface area contributed by atoms with Gasteiger partial charge < -0.3 is 16.0 Å². The Labute approximate surface area is 105 Å². The second-order valence-corrected chi connectivity index (χ2v) is 4.88. The summed E-state index contributed by atoms with van der Waals surface area (Å²) in [6.45, 7) is 0. The van der Waals surface area contributed by atoms with Crippen LogP contribution < -0.4 is 11.1 Å². The first kappa shape index (κ1) is 11.4. The zero-order valence-corrected chi connectivity index (χ0v) is 10.3. The molecule has 0 spiro atoms. The Balaban J connectivity index is 1.84. The number of nitrogens with two attached hydrogens (primary N) is 1. The van der Waals surface area contributed by atoms with Crippen molar-refractivity contribution in [3.63, 3.8) is 0 Å². The van der Waals surface area contributed by atoms with E-state index in [9.17, 15) is 0 Å². The zero-order valence-electron chi connectivity index (χ0n) is 10.3. The average Bonchev–Trinajstić information content (AvgIpc) is 2.77. The second kappa shape index (κ2) is 4.89. The second-order valence-electron chi connectivity index (χ2n) is 4.88. The Kier molecular flexibility index (Phi) is 3.10. The topological polar surface area (TPSA) is 92.5 Å². The van der Waals surface area contributed by atoms with Crippen LogP contribution in [-0.4, -0.2) is 32.0 Å². The minimum atomic E-state index is 0.195. The van der Waals surface area contributed by atoms with Gasteiger partial charge in [0.1, 0.15) is 11.8 Å². The Morgan fingerprint density at radius 3 is 3.00 bits per heavy atom. The van der Waals surface area contributed by atoms with Gasteiger partial charge in [-0.2, -0.15) is 0 Å². The first-order valence-corrected chi connectivity index (χ1v) is 6.51. The molecule has 0 bridgehead atoms. The Bertz CT molecular complexity index is 522. The van der Waals surface area contributed by atoms with Crippen molar-refractivity contribution in [3.8, 4) is 0 Å². The summed E-state index contributed by atoms with van der Waals surface area (Å²) >= 11 is 0. The van der Waals surface area contributed by atoms with Gasteiger partial charge in [-0.05, 0) is 12.8 Å². The molecule has 0 aliphatic heterocycles. The van der Waals surface area contributed by atoms with Crippen LogP contribution >= 0.6 is 0 Å². The molecule has 6 nitrogen and oxygen atoms in total. The number of hydrogen-bond acceptors (Lipinski definition) is 5. The SMILES string of the molecule is NC1CCCCCC1Nc1ncnc2nc[nH]c12. The van der Waals surface area contributed by atoms with Crippen molar-refractivity contribution < 1.29 is 0 Å². The van der Waals surface area contributed by atoms with E-state index in [1.807, 2.05) is 0 Å². The minimum absolute atomic E-state index is 0.195. The van der Waals surface area contributed by atoms with Gasteiger partial charge in [-0.25, -0.2) is 15.0 Å². The summed E-state index contributed by atoms with van der Waals surface area (Å²) in [4.78, 5) is 15.6. The number of nitrogens with zero attached hydrogens (tertiary/aromatic N) is 3. The smallest absolute Gasteiger partial charge is 0.182 e. The lowest BCUT2D eigenvalue weighted by atomic mass is 10.0. The number of fused-ring (bicyclic) bond motifs is 1. The molecule has 2 aromatic heterocycles. The highest BCUT2D eigenvalue weighted by Crippen LogP contribution is 2.22. The van der Waals surface area contributed by atoms with Gasteiger partial charge in [0, 0.05) is 12.1 Å². The van der Waals surface area contributed by atoms with Crippen LogP contribution in [0.15, 0.2) is 12.7 Å². The fourth-order valence-corrected chi connectivity index (χ4v) is 2.57. The van der Waals surface area contributed by atoms with Crippen molar-refractivity contribution in [2.24, 2.45) is 5.73 Å². The molecule has 2 aromatic rings. The van der Waals surface area contributed by atoms with Gasteiger partial charge in [0.2, 0.25) is 0 Å². The molecule has 1 aliphatic rings. The maximum absolute atomic E-state index is 6.21. The molecule has 2 unspecified atom stereocenters. The van der Waals surface area contributed by atoms with E-state index in [1.165, 1.54) is 25.6 Å². The number of aromatic amines is 1.